The SMILES string of the molecule is CCOC(=O)c1c(NC(=S)NC2CCCCCCCCCCC2)sc(C)c1-c1ccccc1. The van der Waals surface area contributed by atoms with Gasteiger partial charge in [0.1, 0.15) is 10.6 Å². The van der Waals surface area contributed by atoms with Crippen LogP contribution >= 0.6 is 23.6 Å². The minimum absolute atomic E-state index is 0.308. The number of ether oxygens (including phenoxy) is 1. The number of thiocarbonyl (C=S) groups is 1. The van der Waals surface area contributed by atoms with Crippen LogP contribution in [0.15, 0.2) is 30.3 Å². The second kappa shape index (κ2) is 13.7. The van der Waals surface area contributed by atoms with E-state index in [2.05, 4.69) is 10.6 Å². The Morgan fingerprint density at radius 2 is 1.58 bits per heavy atom. The van der Waals surface area contributed by atoms with Crippen LogP contribution in [0.1, 0.15) is 92.8 Å². The van der Waals surface area contributed by atoms with Crippen LogP contribution in [0.25, 0.3) is 11.1 Å². The summed E-state index contributed by atoms with van der Waals surface area (Å²) in [5.74, 6) is -0.308. The average Bonchev–Trinajstić information content (AvgIpc) is 3.11. The molecule has 180 valence electrons. The molecule has 1 saturated carbocycles. The lowest BCUT2D eigenvalue weighted by atomic mass is 9.98. The smallest absolute Gasteiger partial charge is 0.341 e. The average molecular weight is 487 g/mol. The molecule has 0 spiro atoms. The molecule has 1 aromatic carbocycles. The number of hydrogen-bond donors (Lipinski definition) is 2. The summed E-state index contributed by atoms with van der Waals surface area (Å²) in [6, 6.07) is 10.4. The van der Waals surface area contributed by atoms with E-state index in [0.717, 1.165) is 33.8 Å². The maximum atomic E-state index is 12.9. The minimum Gasteiger partial charge on any atom is -0.462 e. The molecule has 0 unspecified atom stereocenters. The topological polar surface area (TPSA) is 50.4 Å². The summed E-state index contributed by atoms with van der Waals surface area (Å²) in [5, 5.41) is 8.27. The summed E-state index contributed by atoms with van der Waals surface area (Å²) in [7, 11) is 0. The van der Waals surface area contributed by atoms with Crippen molar-refractivity contribution in [3.63, 3.8) is 0 Å². The van der Waals surface area contributed by atoms with E-state index < -0.39 is 0 Å². The standard InChI is InChI=1S/C27H38N2O2S2/c1-3-31-26(30)24-23(21-16-12-11-13-17-21)20(2)33-25(24)29-27(32)28-22-18-14-9-7-5-4-6-8-10-15-19-22/h11-13,16-17,22H,3-10,14-15,18-19H2,1-2H3,(H2,28,29,32). The summed E-state index contributed by atoms with van der Waals surface area (Å²) in [6.07, 6.45) is 14.2. The number of aryl methyl sites for hydroxylation is 1. The van der Waals surface area contributed by atoms with Gasteiger partial charge in [0, 0.05) is 16.5 Å². The first-order valence-electron chi connectivity index (χ1n) is 12.5. The fourth-order valence-corrected chi connectivity index (χ4v) is 6.02. The summed E-state index contributed by atoms with van der Waals surface area (Å²) < 4.78 is 5.42. The highest BCUT2D eigenvalue weighted by Crippen LogP contribution is 2.40. The normalized spacial score (nSPS) is 16.3. The van der Waals surface area contributed by atoms with Crippen molar-refractivity contribution in [1.29, 1.82) is 0 Å². The van der Waals surface area contributed by atoms with Crippen LogP contribution < -0.4 is 10.6 Å². The molecule has 1 fully saturated rings. The molecule has 6 heteroatoms. The molecule has 0 radical (unpaired) electrons. The van der Waals surface area contributed by atoms with Gasteiger partial charge in [0.25, 0.3) is 0 Å². The number of thiophene rings is 1. The summed E-state index contributed by atoms with van der Waals surface area (Å²) in [6.45, 7) is 4.22. The predicted octanol–water partition coefficient (Wildman–Crippen LogP) is 7.86. The molecule has 3 rings (SSSR count). The van der Waals surface area contributed by atoms with Crippen molar-refractivity contribution in [3.05, 3.63) is 40.8 Å². The fourth-order valence-electron chi connectivity index (χ4n) is 4.62. The summed E-state index contributed by atoms with van der Waals surface area (Å²) in [4.78, 5) is 14.0. The van der Waals surface area contributed by atoms with Crippen molar-refractivity contribution < 1.29 is 9.53 Å². The molecule has 0 saturated heterocycles. The van der Waals surface area contributed by atoms with Crippen LogP contribution in [-0.4, -0.2) is 23.7 Å². The third-order valence-electron chi connectivity index (χ3n) is 6.29. The first-order chi connectivity index (χ1) is 16.1. The van der Waals surface area contributed by atoms with Gasteiger partial charge in [-0.15, -0.1) is 11.3 Å². The monoisotopic (exact) mass is 486 g/mol. The molecule has 0 atom stereocenters. The second-order valence-corrected chi connectivity index (χ2v) is 10.5. The zero-order valence-electron chi connectivity index (χ0n) is 20.1. The molecule has 1 aromatic heterocycles. The van der Waals surface area contributed by atoms with Crippen LogP contribution in [0.3, 0.4) is 0 Å². The number of carbonyl (C=O) groups excluding carboxylic acids is 1. The number of esters is 1. The Hall–Kier alpha value is -1.92. The molecule has 2 aromatic rings. The van der Waals surface area contributed by atoms with Crippen molar-refractivity contribution >= 4 is 39.6 Å². The molecule has 0 amide bonds. The third kappa shape index (κ3) is 7.82. The van der Waals surface area contributed by atoms with Crippen LogP contribution in [0, 0.1) is 6.92 Å². The largest absolute Gasteiger partial charge is 0.462 e. The first kappa shape index (κ1) is 25.7. The number of hydrogen-bond acceptors (Lipinski definition) is 4. The van der Waals surface area contributed by atoms with Crippen LogP contribution in [0.4, 0.5) is 5.00 Å². The van der Waals surface area contributed by atoms with E-state index in [4.69, 9.17) is 17.0 Å². The van der Waals surface area contributed by atoms with Crippen molar-refractivity contribution in [2.45, 2.75) is 90.5 Å². The zero-order valence-corrected chi connectivity index (χ0v) is 21.7. The van der Waals surface area contributed by atoms with Crippen molar-refractivity contribution in [1.82, 2.24) is 5.32 Å². The molecule has 0 aliphatic heterocycles. The van der Waals surface area contributed by atoms with Crippen molar-refractivity contribution in [2.75, 3.05) is 11.9 Å². The van der Waals surface area contributed by atoms with Gasteiger partial charge in [-0.05, 0) is 44.5 Å². The van der Waals surface area contributed by atoms with E-state index >= 15 is 0 Å². The van der Waals surface area contributed by atoms with Gasteiger partial charge in [0.2, 0.25) is 0 Å². The third-order valence-corrected chi connectivity index (χ3v) is 7.53. The van der Waals surface area contributed by atoms with Gasteiger partial charge in [0.05, 0.1) is 6.61 Å². The highest BCUT2D eigenvalue weighted by atomic mass is 32.1. The molecular weight excluding hydrogens is 448 g/mol. The first-order valence-corrected chi connectivity index (χ1v) is 13.8. The zero-order chi connectivity index (χ0) is 23.5. The molecule has 4 nitrogen and oxygen atoms in total. The minimum atomic E-state index is -0.308. The maximum Gasteiger partial charge on any atom is 0.341 e. The van der Waals surface area contributed by atoms with Gasteiger partial charge in [-0.3, -0.25) is 0 Å². The second-order valence-electron chi connectivity index (χ2n) is 8.88. The highest BCUT2D eigenvalue weighted by Gasteiger charge is 2.25. The molecule has 33 heavy (non-hydrogen) atoms. The van der Waals surface area contributed by atoms with E-state index in [1.54, 1.807) is 11.3 Å². The van der Waals surface area contributed by atoms with Crippen molar-refractivity contribution in [2.24, 2.45) is 0 Å². The van der Waals surface area contributed by atoms with Gasteiger partial charge in [-0.2, -0.15) is 0 Å². The van der Waals surface area contributed by atoms with Crippen LogP contribution in [0.5, 0.6) is 0 Å². The number of nitrogens with one attached hydrogen (secondary N) is 2. The quantitative estimate of drug-likeness (QED) is 0.333. The van der Waals surface area contributed by atoms with Gasteiger partial charge >= 0.3 is 5.97 Å². The fraction of sp³-hybridized carbons (Fsp3) is 0.556. The van der Waals surface area contributed by atoms with Gasteiger partial charge < -0.3 is 15.4 Å². The number of anilines is 1. The molecule has 0 bridgehead atoms. The Bertz CT molecular complexity index is 883. The van der Waals surface area contributed by atoms with E-state index in [-0.39, 0.29) is 5.97 Å². The van der Waals surface area contributed by atoms with E-state index in [1.807, 2.05) is 44.2 Å². The lowest BCUT2D eigenvalue weighted by Crippen LogP contribution is -2.38. The summed E-state index contributed by atoms with van der Waals surface area (Å²) in [5.41, 5.74) is 2.52. The molecule has 1 aliphatic carbocycles. The Labute approximate surface area is 208 Å². The molecular formula is C27H38N2O2S2. The Kier molecular flexibility index (Phi) is 10.7. The summed E-state index contributed by atoms with van der Waals surface area (Å²) >= 11 is 7.28. The Morgan fingerprint density at radius 1 is 1.00 bits per heavy atom. The molecule has 2 N–H and O–H groups in total. The number of rotatable bonds is 5. The number of benzene rings is 1. The molecule has 1 heterocycles. The van der Waals surface area contributed by atoms with Gasteiger partial charge in [-0.1, -0.05) is 88.1 Å². The maximum absolute atomic E-state index is 12.9. The van der Waals surface area contributed by atoms with Gasteiger partial charge in [0.15, 0.2) is 5.11 Å². The van der Waals surface area contributed by atoms with E-state index in [1.165, 1.54) is 57.8 Å². The van der Waals surface area contributed by atoms with E-state index in [9.17, 15) is 4.79 Å². The van der Waals surface area contributed by atoms with Crippen LogP contribution in [0.2, 0.25) is 0 Å². The van der Waals surface area contributed by atoms with Crippen LogP contribution in [-0.2, 0) is 4.74 Å². The van der Waals surface area contributed by atoms with Crippen molar-refractivity contribution in [3.8, 4) is 11.1 Å². The Balaban J connectivity index is 1.74. The highest BCUT2D eigenvalue weighted by molar-refractivity contribution is 7.80. The Morgan fingerprint density at radius 3 is 2.15 bits per heavy atom. The lowest BCUT2D eigenvalue weighted by molar-refractivity contribution is 0.0529. The van der Waals surface area contributed by atoms with Gasteiger partial charge in [-0.25, -0.2) is 4.79 Å². The molecule has 1 aliphatic rings. The lowest BCUT2D eigenvalue weighted by Gasteiger charge is -2.21. The van der Waals surface area contributed by atoms with E-state index in [0.29, 0.717) is 23.3 Å². The predicted molar refractivity (Wildman–Crippen MR) is 144 cm³/mol. The number of carbonyl (C=O) groups is 1.